The maximum atomic E-state index is 13.0. The molecule has 1 fully saturated rings. The fourth-order valence-electron chi connectivity index (χ4n) is 4.08. The standard InChI is InChI=1S/C21H25N5O2/c1-14(27)25-12-10-17-16(13-25)19(22-2)24-20(23-17)18-9-6-11-26(18)21(28)15-7-4-3-5-8-15/h3-5,7-8,18H,6,9-13H2,1-2H3,(H,22,23,24)/t18-/m1/s1. The Morgan fingerprint density at radius 1 is 1.14 bits per heavy atom. The van der Waals surface area contributed by atoms with Crippen LogP contribution >= 0.6 is 0 Å². The van der Waals surface area contributed by atoms with Gasteiger partial charge < -0.3 is 15.1 Å². The lowest BCUT2D eigenvalue weighted by Gasteiger charge is -2.30. The molecule has 7 heteroatoms. The van der Waals surface area contributed by atoms with Gasteiger partial charge in [0.2, 0.25) is 5.91 Å². The van der Waals surface area contributed by atoms with E-state index in [-0.39, 0.29) is 17.9 Å². The number of fused-ring (bicyclic) bond motifs is 1. The van der Waals surface area contributed by atoms with Gasteiger partial charge in [0.15, 0.2) is 5.82 Å². The average Bonchev–Trinajstić information content (AvgIpc) is 3.22. The molecular weight excluding hydrogens is 354 g/mol. The number of carbonyl (C=O) groups is 2. The van der Waals surface area contributed by atoms with Gasteiger partial charge in [-0.1, -0.05) is 18.2 Å². The maximum absolute atomic E-state index is 13.0. The van der Waals surface area contributed by atoms with Crippen LogP contribution in [0.3, 0.4) is 0 Å². The Balaban J connectivity index is 1.65. The second-order valence-corrected chi connectivity index (χ2v) is 7.32. The molecule has 28 heavy (non-hydrogen) atoms. The summed E-state index contributed by atoms with van der Waals surface area (Å²) in [5.74, 6) is 1.54. The van der Waals surface area contributed by atoms with Crippen molar-refractivity contribution in [1.82, 2.24) is 19.8 Å². The van der Waals surface area contributed by atoms with Crippen molar-refractivity contribution in [3.8, 4) is 0 Å². The Kier molecular flexibility index (Phi) is 4.98. The number of benzene rings is 1. The van der Waals surface area contributed by atoms with E-state index in [2.05, 4.69) is 5.32 Å². The van der Waals surface area contributed by atoms with E-state index in [0.29, 0.717) is 37.4 Å². The van der Waals surface area contributed by atoms with Crippen LogP contribution in [0.5, 0.6) is 0 Å². The second-order valence-electron chi connectivity index (χ2n) is 7.32. The molecule has 4 rings (SSSR count). The normalized spacial score (nSPS) is 18.7. The van der Waals surface area contributed by atoms with Gasteiger partial charge in [0.25, 0.3) is 5.91 Å². The summed E-state index contributed by atoms with van der Waals surface area (Å²) < 4.78 is 0. The fraction of sp³-hybridized carbons (Fsp3) is 0.429. The van der Waals surface area contributed by atoms with Crippen molar-refractivity contribution in [3.05, 3.63) is 53.0 Å². The molecule has 3 heterocycles. The van der Waals surface area contributed by atoms with Crippen molar-refractivity contribution in [2.45, 2.75) is 38.8 Å². The molecule has 2 aliphatic rings. The Hall–Kier alpha value is -2.96. The largest absolute Gasteiger partial charge is 0.373 e. The van der Waals surface area contributed by atoms with Gasteiger partial charge in [0.1, 0.15) is 5.82 Å². The van der Waals surface area contributed by atoms with Crippen molar-refractivity contribution in [3.63, 3.8) is 0 Å². The molecule has 1 N–H and O–H groups in total. The van der Waals surface area contributed by atoms with Crippen molar-refractivity contribution < 1.29 is 9.59 Å². The van der Waals surface area contributed by atoms with Crippen molar-refractivity contribution in [2.75, 3.05) is 25.5 Å². The minimum Gasteiger partial charge on any atom is -0.373 e. The lowest BCUT2D eigenvalue weighted by Crippen LogP contribution is -2.36. The average molecular weight is 379 g/mol. The Labute approximate surface area is 164 Å². The van der Waals surface area contributed by atoms with E-state index >= 15 is 0 Å². The third-order valence-corrected chi connectivity index (χ3v) is 5.59. The highest BCUT2D eigenvalue weighted by Gasteiger charge is 2.34. The van der Waals surface area contributed by atoms with Crippen molar-refractivity contribution in [1.29, 1.82) is 0 Å². The predicted octanol–water partition coefficient (Wildman–Crippen LogP) is 2.40. The molecule has 1 aromatic carbocycles. The first-order valence-electron chi connectivity index (χ1n) is 9.77. The van der Waals surface area contributed by atoms with Crippen LogP contribution in [-0.2, 0) is 17.8 Å². The topological polar surface area (TPSA) is 78.4 Å². The molecule has 2 aliphatic heterocycles. The van der Waals surface area contributed by atoms with Crippen LogP contribution < -0.4 is 5.32 Å². The third-order valence-electron chi connectivity index (χ3n) is 5.59. The minimum atomic E-state index is -0.115. The van der Waals surface area contributed by atoms with E-state index < -0.39 is 0 Å². The monoisotopic (exact) mass is 379 g/mol. The number of nitrogens with zero attached hydrogens (tertiary/aromatic N) is 4. The van der Waals surface area contributed by atoms with E-state index in [9.17, 15) is 9.59 Å². The van der Waals surface area contributed by atoms with Crippen LogP contribution in [0, 0.1) is 0 Å². The number of nitrogens with one attached hydrogen (secondary N) is 1. The molecule has 0 radical (unpaired) electrons. The quantitative estimate of drug-likeness (QED) is 0.886. The van der Waals surface area contributed by atoms with E-state index in [0.717, 1.165) is 29.9 Å². The second kappa shape index (κ2) is 7.58. The highest BCUT2D eigenvalue weighted by atomic mass is 16.2. The summed E-state index contributed by atoms with van der Waals surface area (Å²) >= 11 is 0. The molecule has 146 valence electrons. The smallest absolute Gasteiger partial charge is 0.254 e. The van der Waals surface area contributed by atoms with Crippen molar-refractivity contribution in [2.24, 2.45) is 0 Å². The van der Waals surface area contributed by atoms with Crippen LogP contribution in [0.2, 0.25) is 0 Å². The van der Waals surface area contributed by atoms with Gasteiger partial charge in [-0.15, -0.1) is 0 Å². The van der Waals surface area contributed by atoms with Gasteiger partial charge in [0.05, 0.1) is 18.3 Å². The Morgan fingerprint density at radius 3 is 2.64 bits per heavy atom. The molecular formula is C21H25N5O2. The molecule has 7 nitrogen and oxygen atoms in total. The molecule has 0 bridgehead atoms. The van der Waals surface area contributed by atoms with Gasteiger partial charge in [-0.2, -0.15) is 0 Å². The van der Waals surface area contributed by atoms with Gasteiger partial charge >= 0.3 is 0 Å². The van der Waals surface area contributed by atoms with Gasteiger partial charge in [-0.25, -0.2) is 9.97 Å². The summed E-state index contributed by atoms with van der Waals surface area (Å²) in [7, 11) is 1.83. The van der Waals surface area contributed by atoms with Crippen molar-refractivity contribution >= 4 is 17.6 Å². The lowest BCUT2D eigenvalue weighted by molar-refractivity contribution is -0.129. The summed E-state index contributed by atoms with van der Waals surface area (Å²) in [5.41, 5.74) is 2.65. The summed E-state index contributed by atoms with van der Waals surface area (Å²) in [6.07, 6.45) is 2.51. The zero-order valence-electron chi connectivity index (χ0n) is 16.3. The van der Waals surface area contributed by atoms with E-state index in [1.165, 1.54) is 0 Å². The number of likely N-dealkylation sites (tertiary alicyclic amines) is 1. The third kappa shape index (κ3) is 3.32. The highest BCUT2D eigenvalue weighted by molar-refractivity contribution is 5.94. The van der Waals surface area contributed by atoms with Gasteiger partial charge in [0, 0.05) is 44.6 Å². The Morgan fingerprint density at radius 2 is 1.93 bits per heavy atom. The van der Waals surface area contributed by atoms with Gasteiger partial charge in [-0.3, -0.25) is 9.59 Å². The van der Waals surface area contributed by atoms with E-state index in [1.54, 1.807) is 6.92 Å². The predicted molar refractivity (Wildman–Crippen MR) is 106 cm³/mol. The summed E-state index contributed by atoms with van der Waals surface area (Å²) in [6.45, 7) is 3.49. The molecule has 1 aromatic heterocycles. The first-order chi connectivity index (χ1) is 13.6. The lowest BCUT2D eigenvalue weighted by atomic mass is 10.0. The number of hydrogen-bond acceptors (Lipinski definition) is 5. The maximum Gasteiger partial charge on any atom is 0.254 e. The van der Waals surface area contributed by atoms with E-state index in [4.69, 9.17) is 9.97 Å². The SMILES string of the molecule is CNc1nc([C@H]2CCCN2C(=O)c2ccccc2)nc2c1CN(C(C)=O)CC2. The number of carbonyl (C=O) groups excluding carboxylic acids is 2. The zero-order valence-corrected chi connectivity index (χ0v) is 16.3. The van der Waals surface area contributed by atoms with Crippen LogP contribution in [0.4, 0.5) is 5.82 Å². The van der Waals surface area contributed by atoms with Crippen LogP contribution in [0.1, 0.15) is 53.2 Å². The molecule has 1 saturated heterocycles. The molecule has 0 spiro atoms. The number of rotatable bonds is 3. The number of aromatic nitrogens is 2. The van der Waals surface area contributed by atoms with Crippen LogP contribution in [0.15, 0.2) is 30.3 Å². The molecule has 2 amide bonds. The first kappa shape index (κ1) is 18.4. The number of hydrogen-bond donors (Lipinski definition) is 1. The number of anilines is 1. The van der Waals surface area contributed by atoms with Crippen LogP contribution in [-0.4, -0.2) is 51.7 Å². The molecule has 0 aliphatic carbocycles. The molecule has 1 atom stereocenters. The Bertz CT molecular complexity index is 882. The van der Waals surface area contributed by atoms with Gasteiger partial charge in [-0.05, 0) is 25.0 Å². The van der Waals surface area contributed by atoms with Crippen LogP contribution in [0.25, 0.3) is 0 Å². The highest BCUT2D eigenvalue weighted by Crippen LogP contribution is 2.34. The number of amides is 2. The zero-order chi connectivity index (χ0) is 19.7. The first-order valence-corrected chi connectivity index (χ1v) is 9.77. The summed E-state index contributed by atoms with van der Waals surface area (Å²) in [4.78, 5) is 38.1. The fourth-order valence-corrected chi connectivity index (χ4v) is 4.08. The molecule has 2 aromatic rings. The molecule has 0 unspecified atom stereocenters. The van der Waals surface area contributed by atoms with E-state index in [1.807, 2.05) is 47.2 Å². The molecule has 0 saturated carbocycles. The summed E-state index contributed by atoms with van der Waals surface area (Å²) in [6, 6.07) is 9.26. The summed E-state index contributed by atoms with van der Waals surface area (Å²) in [5, 5.41) is 3.16. The minimum absolute atomic E-state index is 0.0261.